The van der Waals surface area contributed by atoms with Gasteiger partial charge in [-0.1, -0.05) is 22.0 Å². The third-order valence-corrected chi connectivity index (χ3v) is 3.37. The molecule has 0 aliphatic heterocycles. The average molecular weight is 333 g/mol. The largest absolute Gasteiger partial charge is 0.388 e. The van der Waals surface area contributed by atoms with Gasteiger partial charge < -0.3 is 15.3 Å². The Bertz CT molecular complexity index is 424. The van der Waals surface area contributed by atoms with Crippen molar-refractivity contribution in [2.24, 2.45) is 0 Å². The van der Waals surface area contributed by atoms with Crippen LogP contribution >= 0.6 is 15.9 Å². The van der Waals surface area contributed by atoms with Gasteiger partial charge in [0.2, 0.25) is 0 Å². The molecule has 0 aliphatic carbocycles. The Hall–Kier alpha value is -0.490. The zero-order valence-electron chi connectivity index (χ0n) is 11.9. The van der Waals surface area contributed by atoms with E-state index < -0.39 is 5.60 Å². The van der Waals surface area contributed by atoms with E-state index in [2.05, 4.69) is 21.2 Å². The maximum absolute atomic E-state index is 13.8. The number of benzene rings is 1. The summed E-state index contributed by atoms with van der Waals surface area (Å²) in [7, 11) is 3.82. The smallest absolute Gasteiger partial charge is 0.129 e. The van der Waals surface area contributed by atoms with Crippen molar-refractivity contribution in [2.75, 3.05) is 27.2 Å². The minimum atomic E-state index is -0.844. The van der Waals surface area contributed by atoms with Crippen LogP contribution in [0, 0.1) is 5.82 Å². The van der Waals surface area contributed by atoms with Crippen molar-refractivity contribution in [3.63, 3.8) is 0 Å². The van der Waals surface area contributed by atoms with Crippen molar-refractivity contribution in [1.82, 2.24) is 10.2 Å². The van der Waals surface area contributed by atoms with E-state index in [4.69, 9.17) is 0 Å². The second-order valence-electron chi connectivity index (χ2n) is 5.50. The van der Waals surface area contributed by atoms with Crippen molar-refractivity contribution in [3.8, 4) is 0 Å². The first kappa shape index (κ1) is 16.6. The number of nitrogens with one attached hydrogen (secondary N) is 1. The molecule has 2 N–H and O–H groups in total. The molecule has 0 aliphatic rings. The number of hydrogen-bond acceptors (Lipinski definition) is 3. The van der Waals surface area contributed by atoms with Crippen LogP contribution in [0.5, 0.6) is 0 Å². The van der Waals surface area contributed by atoms with Crippen LogP contribution < -0.4 is 5.32 Å². The maximum Gasteiger partial charge on any atom is 0.129 e. The summed E-state index contributed by atoms with van der Waals surface area (Å²) in [4.78, 5) is 1.92. The normalized spacial score (nSPS) is 16.4. The second kappa shape index (κ2) is 6.79. The van der Waals surface area contributed by atoms with Gasteiger partial charge in [-0.05, 0) is 40.1 Å². The van der Waals surface area contributed by atoms with E-state index in [9.17, 15) is 9.50 Å². The molecule has 108 valence electrons. The molecule has 2 unspecified atom stereocenters. The maximum atomic E-state index is 13.8. The van der Waals surface area contributed by atoms with Crippen molar-refractivity contribution in [1.29, 1.82) is 0 Å². The van der Waals surface area contributed by atoms with E-state index in [1.807, 2.05) is 32.0 Å². The molecule has 0 saturated heterocycles. The minimum Gasteiger partial charge on any atom is -0.388 e. The highest BCUT2D eigenvalue weighted by molar-refractivity contribution is 9.10. The summed E-state index contributed by atoms with van der Waals surface area (Å²) in [5.41, 5.74) is -0.243. The molecule has 3 nitrogen and oxygen atoms in total. The molecule has 0 radical (unpaired) electrons. The van der Waals surface area contributed by atoms with Gasteiger partial charge in [0.1, 0.15) is 5.82 Å². The van der Waals surface area contributed by atoms with Crippen LogP contribution in [0.15, 0.2) is 22.7 Å². The number of aliphatic hydroxyl groups is 1. The van der Waals surface area contributed by atoms with Crippen LogP contribution in [0.3, 0.4) is 0 Å². The SMILES string of the molecule is CC(NCC(C)(O)CN(C)C)c1ccc(Br)cc1F. The van der Waals surface area contributed by atoms with E-state index in [-0.39, 0.29) is 11.9 Å². The number of likely N-dealkylation sites (N-methyl/N-ethyl adjacent to an activating group) is 1. The Balaban J connectivity index is 2.62. The second-order valence-corrected chi connectivity index (χ2v) is 6.42. The third kappa shape index (κ3) is 5.57. The Morgan fingerprint density at radius 1 is 1.47 bits per heavy atom. The molecule has 1 rings (SSSR count). The van der Waals surface area contributed by atoms with Gasteiger partial charge in [0, 0.05) is 29.2 Å². The molecule has 0 saturated carbocycles. The zero-order chi connectivity index (χ0) is 14.6. The Morgan fingerprint density at radius 2 is 2.11 bits per heavy atom. The first-order valence-electron chi connectivity index (χ1n) is 6.27. The lowest BCUT2D eigenvalue weighted by Crippen LogP contribution is -2.46. The van der Waals surface area contributed by atoms with Crippen molar-refractivity contribution >= 4 is 15.9 Å². The summed E-state index contributed by atoms with van der Waals surface area (Å²) in [5, 5.41) is 13.4. The molecule has 5 heteroatoms. The fraction of sp³-hybridized carbons (Fsp3) is 0.571. The lowest BCUT2D eigenvalue weighted by molar-refractivity contribution is 0.0316. The lowest BCUT2D eigenvalue weighted by Gasteiger charge is -2.29. The van der Waals surface area contributed by atoms with E-state index in [0.717, 1.165) is 4.47 Å². The number of halogens is 2. The summed E-state index contributed by atoms with van der Waals surface area (Å²) < 4.78 is 14.5. The van der Waals surface area contributed by atoms with Crippen molar-refractivity contribution in [2.45, 2.75) is 25.5 Å². The lowest BCUT2D eigenvalue weighted by atomic mass is 10.0. The van der Waals surface area contributed by atoms with Gasteiger partial charge in [-0.3, -0.25) is 0 Å². The first-order chi connectivity index (χ1) is 8.71. The van der Waals surface area contributed by atoms with E-state index in [1.54, 1.807) is 13.0 Å². The Morgan fingerprint density at radius 3 is 2.63 bits per heavy atom. The molecule has 0 spiro atoms. The zero-order valence-corrected chi connectivity index (χ0v) is 13.5. The minimum absolute atomic E-state index is 0.151. The highest BCUT2D eigenvalue weighted by atomic mass is 79.9. The summed E-state index contributed by atoms with van der Waals surface area (Å²) in [6, 6.07) is 4.86. The Kier molecular flexibility index (Phi) is 5.92. The molecule has 0 aromatic heterocycles. The molecule has 1 aromatic carbocycles. The molecule has 0 heterocycles. The molecule has 0 bridgehead atoms. The van der Waals surface area contributed by atoms with Gasteiger partial charge in [-0.15, -0.1) is 0 Å². The van der Waals surface area contributed by atoms with Crippen LogP contribution in [0.1, 0.15) is 25.5 Å². The van der Waals surface area contributed by atoms with Crippen LogP contribution in [-0.2, 0) is 0 Å². The van der Waals surface area contributed by atoms with Crippen LogP contribution in [0.2, 0.25) is 0 Å². The van der Waals surface area contributed by atoms with Crippen molar-refractivity contribution < 1.29 is 9.50 Å². The average Bonchev–Trinajstić information content (AvgIpc) is 2.24. The fourth-order valence-corrected chi connectivity index (χ4v) is 2.41. The molecule has 2 atom stereocenters. The monoisotopic (exact) mass is 332 g/mol. The standard InChI is InChI=1S/C14H22BrFN2O/c1-10(12-6-5-11(15)7-13(12)16)17-8-14(2,19)9-18(3)4/h5-7,10,17,19H,8-9H2,1-4H3. The third-order valence-electron chi connectivity index (χ3n) is 2.87. The van der Waals surface area contributed by atoms with E-state index >= 15 is 0 Å². The van der Waals surface area contributed by atoms with Gasteiger partial charge in [0.05, 0.1) is 5.60 Å². The first-order valence-corrected chi connectivity index (χ1v) is 7.06. The van der Waals surface area contributed by atoms with Gasteiger partial charge in [-0.25, -0.2) is 4.39 Å². The van der Waals surface area contributed by atoms with Crippen LogP contribution in [0.4, 0.5) is 4.39 Å². The predicted octanol–water partition coefficient (Wildman–Crippen LogP) is 2.55. The van der Waals surface area contributed by atoms with Crippen LogP contribution in [0.25, 0.3) is 0 Å². The topological polar surface area (TPSA) is 35.5 Å². The molecule has 1 aromatic rings. The quantitative estimate of drug-likeness (QED) is 0.840. The summed E-state index contributed by atoms with van der Waals surface area (Å²) in [5.74, 6) is -0.248. The number of hydrogen-bond donors (Lipinski definition) is 2. The van der Waals surface area contributed by atoms with Gasteiger partial charge in [0.25, 0.3) is 0 Å². The predicted molar refractivity (Wildman–Crippen MR) is 79.7 cm³/mol. The van der Waals surface area contributed by atoms with E-state index in [1.165, 1.54) is 6.07 Å². The molecule has 0 amide bonds. The van der Waals surface area contributed by atoms with Crippen LogP contribution in [-0.4, -0.2) is 42.8 Å². The fourth-order valence-electron chi connectivity index (χ4n) is 2.07. The van der Waals surface area contributed by atoms with Gasteiger partial charge in [0.15, 0.2) is 0 Å². The Labute approximate surface area is 122 Å². The molecular weight excluding hydrogens is 311 g/mol. The van der Waals surface area contributed by atoms with Crippen molar-refractivity contribution in [3.05, 3.63) is 34.1 Å². The highest BCUT2D eigenvalue weighted by Gasteiger charge is 2.22. The van der Waals surface area contributed by atoms with E-state index in [0.29, 0.717) is 18.7 Å². The molecular formula is C14H22BrFN2O. The summed E-state index contributed by atoms with van der Waals surface area (Å²) >= 11 is 3.24. The molecule has 19 heavy (non-hydrogen) atoms. The number of rotatable bonds is 6. The highest BCUT2D eigenvalue weighted by Crippen LogP contribution is 2.21. The van der Waals surface area contributed by atoms with Gasteiger partial charge in [-0.2, -0.15) is 0 Å². The summed E-state index contributed by atoms with van der Waals surface area (Å²) in [6.07, 6.45) is 0. The van der Waals surface area contributed by atoms with Gasteiger partial charge >= 0.3 is 0 Å². The molecule has 0 fully saturated rings. The summed E-state index contributed by atoms with van der Waals surface area (Å²) in [6.45, 7) is 4.61. The number of nitrogens with zero attached hydrogens (tertiary/aromatic N) is 1.